The summed E-state index contributed by atoms with van der Waals surface area (Å²) in [5.41, 5.74) is 1.18. The molecule has 0 radical (unpaired) electrons. The number of alkyl halides is 3. The number of hydrogen-bond donors (Lipinski definition) is 2. The van der Waals surface area contributed by atoms with Crippen molar-refractivity contribution in [2.75, 3.05) is 23.6 Å². The topological polar surface area (TPSA) is 132 Å². The Kier molecular flexibility index (Phi) is 10.7. The van der Waals surface area contributed by atoms with Gasteiger partial charge in [0, 0.05) is 17.8 Å². The van der Waals surface area contributed by atoms with Gasteiger partial charge in [0.25, 0.3) is 0 Å². The third kappa shape index (κ3) is 7.35. The van der Waals surface area contributed by atoms with E-state index < -0.39 is 54.4 Å². The van der Waals surface area contributed by atoms with Crippen molar-refractivity contribution in [2.24, 2.45) is 0 Å². The molecular formula is C29H25F5N5NaO6. The van der Waals surface area contributed by atoms with Gasteiger partial charge in [-0.15, -0.1) is 0 Å². The van der Waals surface area contributed by atoms with Crippen molar-refractivity contribution in [1.82, 2.24) is 14.7 Å². The molecule has 1 aliphatic heterocycles. The monoisotopic (exact) mass is 657 g/mol. The maximum absolute atomic E-state index is 14.4. The van der Waals surface area contributed by atoms with Crippen LogP contribution in [0.4, 0.5) is 33.5 Å². The van der Waals surface area contributed by atoms with Gasteiger partial charge in [-0.05, 0) is 42.8 Å². The minimum atomic E-state index is -4.79. The first-order chi connectivity index (χ1) is 21.5. The number of carbonyl (C=O) groups excluding carboxylic acids is 1. The van der Waals surface area contributed by atoms with Crippen LogP contribution in [-0.2, 0) is 20.5 Å². The van der Waals surface area contributed by atoms with Gasteiger partial charge in [0.1, 0.15) is 23.7 Å². The van der Waals surface area contributed by atoms with E-state index in [2.05, 4.69) is 15.6 Å². The zero-order chi connectivity index (χ0) is 32.3. The standard InChI is InChI=1S/C29H24F5N5O6.Na.H/c1-2-11-43-16-6-7-17(18(13-16)29(32,33)34)20-14-23(45-37-20)26(28(42)44-12-9-24(40)41)38-15-35-27-22(38)8-10-39(36-27)21-5-3-4-19(30)25(21)31;;/h3-8,10,13-15,26,36H,2,9,11-12H2,1H3,(H,40,41);;. The van der Waals surface area contributed by atoms with Gasteiger partial charge in [-0.1, -0.05) is 18.1 Å². The molecule has 1 aliphatic rings. The number of aromatic nitrogens is 3. The third-order valence-electron chi connectivity index (χ3n) is 6.54. The number of benzene rings is 2. The van der Waals surface area contributed by atoms with E-state index >= 15 is 0 Å². The van der Waals surface area contributed by atoms with E-state index in [0.717, 1.165) is 23.2 Å². The summed E-state index contributed by atoms with van der Waals surface area (Å²) < 4.78 is 87.4. The molecule has 0 spiro atoms. The third-order valence-corrected chi connectivity index (χ3v) is 6.54. The molecule has 0 saturated carbocycles. The first-order valence-corrected chi connectivity index (χ1v) is 13.4. The zero-order valence-corrected chi connectivity index (χ0v) is 23.3. The van der Waals surface area contributed by atoms with Crippen molar-refractivity contribution in [3.8, 4) is 17.0 Å². The number of nitrogens with zero attached hydrogens (tertiary/aromatic N) is 4. The fraction of sp³-hybridized carbons (Fsp3) is 0.241. The molecule has 17 heteroatoms. The van der Waals surface area contributed by atoms with Gasteiger partial charge in [0.2, 0.25) is 0 Å². The first kappa shape index (κ1) is 34.5. The van der Waals surface area contributed by atoms with E-state index in [1.165, 1.54) is 47.4 Å². The number of imidazole rings is 1. The Morgan fingerprint density at radius 3 is 2.63 bits per heavy atom. The predicted octanol–water partition coefficient (Wildman–Crippen LogP) is 5.40. The molecular weight excluding hydrogens is 632 g/mol. The Bertz CT molecular complexity index is 1760. The minimum absolute atomic E-state index is 0. The van der Waals surface area contributed by atoms with Gasteiger partial charge >= 0.3 is 47.7 Å². The molecule has 0 bridgehead atoms. The van der Waals surface area contributed by atoms with Gasteiger partial charge in [-0.3, -0.25) is 15.2 Å². The predicted molar refractivity (Wildman–Crippen MR) is 155 cm³/mol. The van der Waals surface area contributed by atoms with Gasteiger partial charge in [-0.25, -0.2) is 18.6 Å². The van der Waals surface area contributed by atoms with Crippen LogP contribution in [0.3, 0.4) is 0 Å². The van der Waals surface area contributed by atoms with Crippen LogP contribution < -0.4 is 15.2 Å². The number of hydrazine groups is 1. The molecule has 1 unspecified atom stereocenters. The zero-order valence-electron chi connectivity index (χ0n) is 23.3. The molecule has 1 atom stereocenters. The molecule has 4 aromatic rings. The van der Waals surface area contributed by atoms with Gasteiger partial charge in [0.15, 0.2) is 29.3 Å². The molecule has 11 nitrogen and oxygen atoms in total. The Hall–Kier alpha value is -4.41. The van der Waals surface area contributed by atoms with Crippen molar-refractivity contribution in [3.05, 3.63) is 83.6 Å². The number of halogens is 5. The number of carboxylic acids is 1. The number of rotatable bonds is 11. The van der Waals surface area contributed by atoms with Crippen LogP contribution in [0.15, 0.2) is 59.5 Å². The Morgan fingerprint density at radius 2 is 1.91 bits per heavy atom. The summed E-state index contributed by atoms with van der Waals surface area (Å²) in [5, 5.41) is 13.9. The van der Waals surface area contributed by atoms with E-state index in [-0.39, 0.29) is 76.1 Å². The second-order valence-electron chi connectivity index (χ2n) is 9.64. The fourth-order valence-electron chi connectivity index (χ4n) is 4.46. The molecule has 0 fully saturated rings. The number of nitrogens with one attached hydrogen (secondary N) is 1. The average molecular weight is 658 g/mol. The number of fused-ring (bicyclic) bond motifs is 1. The number of aliphatic carboxylic acids is 1. The summed E-state index contributed by atoms with van der Waals surface area (Å²) in [7, 11) is 0. The number of carboxylic acid groups (broad SMARTS) is 1. The van der Waals surface area contributed by atoms with Gasteiger partial charge in [0.05, 0.1) is 30.6 Å². The second kappa shape index (κ2) is 14.3. The van der Waals surface area contributed by atoms with Crippen LogP contribution >= 0.6 is 0 Å². The summed E-state index contributed by atoms with van der Waals surface area (Å²) in [4.78, 5) is 28.5. The van der Waals surface area contributed by atoms with Crippen LogP contribution in [-0.4, -0.2) is 74.5 Å². The first-order valence-electron chi connectivity index (χ1n) is 13.4. The van der Waals surface area contributed by atoms with Crippen molar-refractivity contribution < 1.29 is 50.6 Å². The molecule has 238 valence electrons. The van der Waals surface area contributed by atoms with E-state index in [1.54, 1.807) is 0 Å². The normalized spacial score (nSPS) is 13.0. The fourth-order valence-corrected chi connectivity index (χ4v) is 4.46. The summed E-state index contributed by atoms with van der Waals surface area (Å²) in [6.45, 7) is 1.51. The molecule has 2 N–H and O–H groups in total. The Morgan fingerprint density at radius 1 is 1.13 bits per heavy atom. The van der Waals surface area contributed by atoms with Gasteiger partial charge in [-0.2, -0.15) is 13.2 Å². The molecule has 0 saturated heterocycles. The summed E-state index contributed by atoms with van der Waals surface area (Å²) in [5.74, 6) is -4.62. The Balaban J connectivity index is 0.00000480. The van der Waals surface area contributed by atoms with Crippen molar-refractivity contribution in [2.45, 2.75) is 32.0 Å². The molecule has 0 amide bonds. The second-order valence-corrected chi connectivity index (χ2v) is 9.64. The van der Waals surface area contributed by atoms with Crippen molar-refractivity contribution >= 4 is 59.1 Å². The number of anilines is 2. The van der Waals surface area contributed by atoms with E-state index in [4.69, 9.17) is 19.1 Å². The van der Waals surface area contributed by atoms with Crippen LogP contribution in [0.1, 0.15) is 42.8 Å². The van der Waals surface area contributed by atoms with E-state index in [9.17, 15) is 31.5 Å². The molecule has 46 heavy (non-hydrogen) atoms. The van der Waals surface area contributed by atoms with E-state index in [1.807, 2.05) is 6.92 Å². The van der Waals surface area contributed by atoms with Crippen LogP contribution in [0.2, 0.25) is 0 Å². The molecule has 0 aliphatic carbocycles. The summed E-state index contributed by atoms with van der Waals surface area (Å²) in [6, 6.07) is 6.52. The van der Waals surface area contributed by atoms with Crippen LogP contribution in [0, 0.1) is 11.6 Å². The number of hydrogen-bond acceptors (Lipinski definition) is 9. The quantitative estimate of drug-likeness (QED) is 0.123. The molecule has 2 aromatic heterocycles. The molecule has 2 aromatic carbocycles. The van der Waals surface area contributed by atoms with Crippen LogP contribution in [0.25, 0.3) is 17.3 Å². The molecule has 5 rings (SSSR count). The Labute approximate surface area is 279 Å². The maximum atomic E-state index is 14.4. The van der Waals surface area contributed by atoms with Crippen molar-refractivity contribution in [1.29, 1.82) is 0 Å². The summed E-state index contributed by atoms with van der Waals surface area (Å²) >= 11 is 0. The van der Waals surface area contributed by atoms with Crippen LogP contribution in [0.5, 0.6) is 5.75 Å². The van der Waals surface area contributed by atoms with Gasteiger partial charge < -0.3 is 23.7 Å². The molecule has 3 heterocycles. The number of carbonyl (C=O) groups is 2. The SMILES string of the molecule is CCCOc1ccc(-c2cc(C(C(=O)OCCC(=O)O)n3cnc4c3C=CN(c3cccc(F)c3F)N4)on2)c(C(F)(F)F)c1.[NaH]. The number of ether oxygens (including phenoxy) is 2. The average Bonchev–Trinajstić information content (AvgIpc) is 3.65. The van der Waals surface area contributed by atoms with Crippen molar-refractivity contribution in [3.63, 3.8) is 0 Å². The summed E-state index contributed by atoms with van der Waals surface area (Å²) in [6.07, 6.45) is -0.799. The van der Waals surface area contributed by atoms with E-state index in [0.29, 0.717) is 6.42 Å². The number of esters is 1.